The van der Waals surface area contributed by atoms with Crippen LogP contribution < -0.4 is 11.3 Å². The van der Waals surface area contributed by atoms with E-state index in [9.17, 15) is 33.6 Å². The SMILES string of the molecule is N[13c]1n[13c]2[13c](n[13cH]n2[13C@@H]2O[13C@H]([13CH2]OP(=O)(O)OP(=O)(O)OP(=O)(O)O)[13C@@H](O)[13C@H]2O)[13c](=O)[nH]1. The number of nitrogens with one attached hydrogen (secondary N) is 1. The minimum absolute atomic E-state index is 0.115. The minimum atomic E-state index is -5.73. The number of fused-ring (bicyclic) bond motifs is 1. The summed E-state index contributed by atoms with van der Waals surface area (Å²) < 4.78 is 51.6. The number of aliphatic hydroxyl groups excluding tert-OH is 2. The predicted octanol–water partition coefficient (Wildman–Crippen LogP) is -2.34. The fraction of sp³-hybridized carbons (Fsp3) is 0.500. The van der Waals surface area contributed by atoms with Crippen LogP contribution in [0.2, 0.25) is 0 Å². The molecule has 9 N–H and O–H groups in total. The van der Waals surface area contributed by atoms with E-state index in [-0.39, 0.29) is 17.1 Å². The first kappa shape index (κ1) is 25.1. The van der Waals surface area contributed by atoms with Gasteiger partial charge < -0.3 is 40.3 Å². The van der Waals surface area contributed by atoms with Crippen LogP contribution in [-0.4, -0.2) is 74.2 Å². The molecule has 0 radical (unpaired) electrons. The van der Waals surface area contributed by atoms with E-state index >= 15 is 0 Å². The molecule has 0 bridgehead atoms. The molecule has 180 valence electrons. The largest absolute Gasteiger partial charge is 0.490 e. The number of ether oxygens (including phenoxy) is 1. The first-order valence-electron chi connectivity index (χ1n) is 8.11. The highest BCUT2D eigenvalue weighted by molar-refractivity contribution is 7.66. The van der Waals surface area contributed by atoms with Crippen molar-refractivity contribution in [2.45, 2.75) is 24.5 Å². The number of hydrogen-bond donors (Lipinski definition) is 8. The van der Waals surface area contributed by atoms with Gasteiger partial charge in [0.25, 0.3) is 5.56 Å². The quantitative estimate of drug-likeness (QED) is 0.130. The second-order valence-electron chi connectivity index (χ2n) is 6.21. The van der Waals surface area contributed by atoms with E-state index in [1.165, 1.54) is 0 Å². The lowest BCUT2D eigenvalue weighted by Gasteiger charge is -2.19. The van der Waals surface area contributed by atoms with Crippen molar-refractivity contribution >= 4 is 40.6 Å². The van der Waals surface area contributed by atoms with E-state index in [1.54, 1.807) is 0 Å². The molecule has 6 atom stereocenters. The van der Waals surface area contributed by atoms with E-state index in [2.05, 4.69) is 28.1 Å². The summed E-state index contributed by atoms with van der Waals surface area (Å²) >= 11 is 0. The van der Waals surface area contributed by atoms with Crippen LogP contribution in [0.4, 0.5) is 5.95 Å². The molecule has 1 aliphatic rings. The molecule has 1 saturated heterocycles. The number of anilines is 1. The average Bonchev–Trinajstić information content (AvgIpc) is 3.12. The van der Waals surface area contributed by atoms with Gasteiger partial charge in [0.2, 0.25) is 5.95 Å². The second-order valence-corrected chi connectivity index (χ2v) is 10.6. The van der Waals surface area contributed by atoms with Crippen molar-refractivity contribution in [3.8, 4) is 0 Å². The number of aromatic nitrogens is 4. The van der Waals surface area contributed by atoms with Crippen LogP contribution in [0.15, 0.2) is 11.1 Å². The van der Waals surface area contributed by atoms with E-state index in [0.717, 1.165) is 10.9 Å². The van der Waals surface area contributed by atoms with Gasteiger partial charge in [-0.3, -0.25) is 18.9 Å². The third kappa shape index (κ3) is 5.67. The third-order valence-corrected chi connectivity index (χ3v) is 7.68. The summed E-state index contributed by atoms with van der Waals surface area (Å²) in [5.74, 6) is -0.276. The zero-order valence-corrected chi connectivity index (χ0v) is 18.0. The lowest BCUT2D eigenvalue weighted by atomic mass is 11.1. The summed E-state index contributed by atoms with van der Waals surface area (Å²) in [6.07, 6.45) is -5.33. The van der Waals surface area contributed by atoms with Crippen molar-refractivity contribution in [1.29, 1.82) is 0 Å². The first-order chi connectivity index (χ1) is 14.6. The first-order valence-corrected chi connectivity index (χ1v) is 12.6. The van der Waals surface area contributed by atoms with Crippen molar-refractivity contribution < 1.29 is 61.4 Å². The maximum atomic E-state index is 11.9. The van der Waals surface area contributed by atoms with Crippen LogP contribution in [0.3, 0.4) is 0 Å². The number of rotatable bonds is 8. The number of phosphoric acid groups is 3. The molecule has 0 saturated carbocycles. The smallest absolute Gasteiger partial charge is 0.387 e. The third-order valence-electron chi connectivity index (χ3n) is 3.88. The monoisotopic (exact) mass is 533 g/mol. The van der Waals surface area contributed by atoms with Gasteiger partial charge in [0.15, 0.2) is 17.4 Å². The van der Waals surface area contributed by atoms with Gasteiger partial charge in [0, 0.05) is 0 Å². The second kappa shape index (κ2) is 8.66. The van der Waals surface area contributed by atoms with Crippen LogP contribution in [-0.2, 0) is 31.6 Å². The minimum Gasteiger partial charge on any atom is -0.387 e. The molecule has 22 heteroatoms. The maximum Gasteiger partial charge on any atom is 0.490 e. The van der Waals surface area contributed by atoms with E-state index in [0.29, 0.717) is 0 Å². The van der Waals surface area contributed by atoms with Crippen molar-refractivity contribution in [2.24, 2.45) is 0 Å². The summed E-state index contributed by atoms with van der Waals surface area (Å²) in [6.45, 7) is -1.01. The van der Waals surface area contributed by atoms with Crippen LogP contribution >= 0.6 is 23.5 Å². The van der Waals surface area contributed by atoms with E-state index in [4.69, 9.17) is 25.2 Å². The molecule has 3 heterocycles. The molecular formula is C10H16N5O14P3. The number of phosphoric ester groups is 1. The Morgan fingerprint density at radius 2 is 1.78 bits per heavy atom. The van der Waals surface area contributed by atoms with Crippen LogP contribution in [0.5, 0.6) is 0 Å². The Balaban J connectivity index is 1.72. The Labute approximate surface area is 175 Å². The fourth-order valence-electron chi connectivity index (χ4n) is 2.70. The molecule has 2 aromatic rings. The number of H-pyrrole nitrogens is 1. The highest BCUT2D eigenvalue weighted by Crippen LogP contribution is 2.66. The molecule has 0 aliphatic carbocycles. The van der Waals surface area contributed by atoms with Crippen LogP contribution in [0.1, 0.15) is 6.23 Å². The molecule has 2 aromatic heterocycles. The average molecular weight is 533 g/mol. The standard InChI is InChI=1S/C10H16N5O14P3/c11-10-13-7-4(8(18)14-10)12-2-15(7)9-6(17)5(16)3(27-9)1-26-31(22,23)29-32(24,25)28-30(19,20)21/h2-3,5-6,9,16-17H,1H2,(H,22,23)(H,24,25)(H2,19,20,21)(H3,11,13,14,18)/t3-,5-,6-,9-/m1/s1/i1+1,2+1,3+1,4+1,5+1,6+1,7+1,8+1,9+1,10+1. The Morgan fingerprint density at radius 3 is 2.41 bits per heavy atom. The Kier molecular flexibility index (Phi) is 6.78. The van der Waals surface area contributed by atoms with E-state index < -0.39 is 60.2 Å². The fourth-order valence-corrected chi connectivity index (χ4v) is 5.73. The van der Waals surface area contributed by atoms with Crippen molar-refractivity contribution in [1.82, 2.24) is 19.5 Å². The van der Waals surface area contributed by atoms with Gasteiger partial charge in [-0.15, -0.1) is 0 Å². The van der Waals surface area contributed by atoms with Gasteiger partial charge in [-0.1, -0.05) is 0 Å². The van der Waals surface area contributed by atoms with Crippen molar-refractivity contribution in [2.75, 3.05) is 12.3 Å². The summed E-state index contributed by atoms with van der Waals surface area (Å²) in [5, 5.41) is 20.4. The Bertz CT molecular complexity index is 1210. The van der Waals surface area contributed by atoms with Crippen molar-refractivity contribution in [3.63, 3.8) is 0 Å². The molecule has 0 spiro atoms. The van der Waals surface area contributed by atoms with Gasteiger partial charge in [0.05, 0.1) is 12.9 Å². The summed E-state index contributed by atoms with van der Waals surface area (Å²) in [7, 11) is -16.8. The van der Waals surface area contributed by atoms with Gasteiger partial charge in [-0.05, 0) is 0 Å². The van der Waals surface area contributed by atoms with Crippen molar-refractivity contribution in [3.05, 3.63) is 16.7 Å². The summed E-state index contributed by atoms with van der Waals surface area (Å²) in [6, 6.07) is 0. The lowest BCUT2D eigenvalue weighted by molar-refractivity contribution is -0.0503. The van der Waals surface area contributed by atoms with Gasteiger partial charge in [-0.25, -0.2) is 18.7 Å². The molecule has 32 heavy (non-hydrogen) atoms. The normalized spacial score (nSPS) is 27.9. The Morgan fingerprint density at radius 1 is 1.12 bits per heavy atom. The number of nitrogens with zero attached hydrogens (tertiary/aromatic N) is 3. The number of aliphatic hydroxyl groups is 2. The zero-order valence-electron chi connectivity index (χ0n) is 15.3. The molecular weight excluding hydrogens is 517 g/mol. The highest BCUT2D eigenvalue weighted by atomic mass is 31.3. The van der Waals surface area contributed by atoms with E-state index in [1.807, 2.05) is 0 Å². The molecule has 0 amide bonds. The molecule has 1 fully saturated rings. The van der Waals surface area contributed by atoms with Crippen LogP contribution in [0, 0.1) is 0 Å². The number of hydrogen-bond acceptors (Lipinski definition) is 13. The zero-order chi connectivity index (χ0) is 24.1. The molecule has 2 unspecified atom stereocenters. The topological polar surface area (TPSA) is 299 Å². The summed E-state index contributed by atoms with van der Waals surface area (Å²) in [4.78, 5) is 57.3. The van der Waals surface area contributed by atoms with Crippen LogP contribution in [0.25, 0.3) is 11.2 Å². The Hall–Kier alpha value is -1.56. The number of aromatic amines is 1. The van der Waals surface area contributed by atoms with Gasteiger partial charge in [0.1, 0.15) is 18.3 Å². The predicted molar refractivity (Wildman–Crippen MR) is 98.3 cm³/mol. The molecule has 0 aromatic carbocycles. The number of imidazole rings is 1. The lowest BCUT2D eigenvalue weighted by Crippen LogP contribution is -2.33. The molecule has 3 rings (SSSR count). The molecule has 1 aliphatic heterocycles. The number of nitrogens with two attached hydrogens (primary N) is 1. The highest BCUT2D eigenvalue weighted by Gasteiger charge is 2.47. The van der Waals surface area contributed by atoms with Gasteiger partial charge >= 0.3 is 23.5 Å². The molecule has 19 nitrogen and oxygen atoms in total. The van der Waals surface area contributed by atoms with Gasteiger partial charge in [-0.2, -0.15) is 13.6 Å². The summed E-state index contributed by atoms with van der Waals surface area (Å²) in [5.41, 5.74) is 4.50. The maximum absolute atomic E-state index is 11.9. The number of nitrogen functional groups attached to an aromatic ring is 1.